The average Bonchev–Trinajstić information content (AvgIpc) is 2.53. The molecule has 0 atom stereocenters. The van der Waals surface area contributed by atoms with Crippen molar-refractivity contribution in [2.24, 2.45) is 0 Å². The lowest BCUT2D eigenvalue weighted by molar-refractivity contribution is -0.122. The summed E-state index contributed by atoms with van der Waals surface area (Å²) in [6.45, 7) is 6.27. The second kappa shape index (κ2) is 7.96. The highest BCUT2D eigenvalue weighted by Gasteiger charge is 2.21. The third kappa shape index (κ3) is 4.32. The van der Waals surface area contributed by atoms with Crippen LogP contribution in [0.4, 0.5) is 5.69 Å². The Bertz CT molecular complexity index is 547. The number of amides is 1. The summed E-state index contributed by atoms with van der Waals surface area (Å²) in [5.41, 5.74) is 0.820. The highest BCUT2D eigenvalue weighted by Crippen LogP contribution is 2.17. The maximum Gasteiger partial charge on any atom is 0.268 e. The Kier molecular flexibility index (Phi) is 5.98. The van der Waals surface area contributed by atoms with Gasteiger partial charge in [0, 0.05) is 38.2 Å². The van der Waals surface area contributed by atoms with Crippen LogP contribution in [-0.2, 0) is 11.3 Å². The van der Waals surface area contributed by atoms with Crippen LogP contribution in [-0.4, -0.2) is 34.8 Å². The number of unbranched alkanes of at least 4 members (excludes halogenated alkanes) is 1. The Balaban J connectivity index is 1.85. The van der Waals surface area contributed by atoms with Crippen LogP contribution in [0, 0.1) is 0 Å². The quantitative estimate of drug-likeness (QED) is 0.865. The number of nitrogens with one attached hydrogen (secondary N) is 1. The topological polar surface area (TPSA) is 67.2 Å². The molecule has 6 heteroatoms. The first-order valence-electron chi connectivity index (χ1n) is 8.25. The van der Waals surface area contributed by atoms with Gasteiger partial charge in [-0.3, -0.25) is 9.59 Å². The zero-order chi connectivity index (χ0) is 15.9. The highest BCUT2D eigenvalue weighted by molar-refractivity contribution is 5.76. The molecule has 1 fully saturated rings. The summed E-state index contributed by atoms with van der Waals surface area (Å²) in [5.74, 6) is 0.160. The van der Waals surface area contributed by atoms with Crippen LogP contribution >= 0.6 is 0 Å². The van der Waals surface area contributed by atoms with E-state index in [0.717, 1.165) is 44.5 Å². The van der Waals surface area contributed by atoms with Crippen molar-refractivity contribution in [1.82, 2.24) is 15.1 Å². The molecule has 0 spiro atoms. The maximum absolute atomic E-state index is 11.8. The van der Waals surface area contributed by atoms with E-state index >= 15 is 0 Å². The van der Waals surface area contributed by atoms with Gasteiger partial charge in [0.1, 0.15) is 0 Å². The molecule has 1 aliphatic rings. The third-order valence-electron chi connectivity index (χ3n) is 4.14. The summed E-state index contributed by atoms with van der Waals surface area (Å²) >= 11 is 0. The number of aryl methyl sites for hydroxylation is 1. The lowest BCUT2D eigenvalue weighted by atomic mass is 10.0. The standard InChI is InChI=1S/C16H26N4O2/c1-3-5-6-15(21)18-13-7-9-19(10-8-13)14-11-16(22)20(4-2)17-12-14/h11-13H,3-10H2,1-2H3,(H,18,21). The van der Waals surface area contributed by atoms with E-state index in [4.69, 9.17) is 0 Å². The van der Waals surface area contributed by atoms with E-state index in [9.17, 15) is 9.59 Å². The molecular weight excluding hydrogens is 280 g/mol. The monoisotopic (exact) mass is 306 g/mol. The molecule has 1 aromatic rings. The molecule has 6 nitrogen and oxygen atoms in total. The van der Waals surface area contributed by atoms with Crippen molar-refractivity contribution in [1.29, 1.82) is 0 Å². The Morgan fingerprint density at radius 3 is 2.68 bits per heavy atom. The molecule has 1 amide bonds. The Morgan fingerprint density at radius 2 is 2.09 bits per heavy atom. The molecule has 0 radical (unpaired) electrons. The first-order valence-corrected chi connectivity index (χ1v) is 8.25. The normalized spacial score (nSPS) is 15.8. The third-order valence-corrected chi connectivity index (χ3v) is 4.14. The SMILES string of the molecule is CCCCC(=O)NC1CCN(c2cnn(CC)c(=O)c2)CC1. The predicted octanol–water partition coefficient (Wildman–Crippen LogP) is 1.54. The zero-order valence-electron chi connectivity index (χ0n) is 13.5. The largest absolute Gasteiger partial charge is 0.370 e. The smallest absolute Gasteiger partial charge is 0.268 e. The number of carbonyl (C=O) groups excluding carboxylic acids is 1. The fourth-order valence-electron chi connectivity index (χ4n) is 2.75. The maximum atomic E-state index is 11.8. The van der Waals surface area contributed by atoms with E-state index in [1.165, 1.54) is 4.68 Å². The van der Waals surface area contributed by atoms with Gasteiger partial charge in [0.05, 0.1) is 11.9 Å². The number of hydrogen-bond acceptors (Lipinski definition) is 4. The van der Waals surface area contributed by atoms with Gasteiger partial charge < -0.3 is 10.2 Å². The average molecular weight is 306 g/mol. The molecule has 2 heterocycles. The fourth-order valence-corrected chi connectivity index (χ4v) is 2.75. The van der Waals surface area contributed by atoms with Crippen LogP contribution in [0.25, 0.3) is 0 Å². The molecule has 0 saturated carbocycles. The van der Waals surface area contributed by atoms with Gasteiger partial charge in [0.25, 0.3) is 5.56 Å². The van der Waals surface area contributed by atoms with Gasteiger partial charge in [-0.1, -0.05) is 13.3 Å². The minimum Gasteiger partial charge on any atom is -0.370 e. The van der Waals surface area contributed by atoms with Crippen LogP contribution in [0.5, 0.6) is 0 Å². The number of carbonyl (C=O) groups is 1. The molecular formula is C16H26N4O2. The van der Waals surface area contributed by atoms with Crippen LogP contribution < -0.4 is 15.8 Å². The van der Waals surface area contributed by atoms with Crippen LogP contribution in [0.1, 0.15) is 46.0 Å². The predicted molar refractivity (Wildman–Crippen MR) is 87.1 cm³/mol. The second-order valence-electron chi connectivity index (χ2n) is 5.80. The van der Waals surface area contributed by atoms with Crippen LogP contribution in [0.2, 0.25) is 0 Å². The fraction of sp³-hybridized carbons (Fsp3) is 0.688. The van der Waals surface area contributed by atoms with E-state index < -0.39 is 0 Å². The van der Waals surface area contributed by atoms with Crippen molar-refractivity contribution in [2.75, 3.05) is 18.0 Å². The van der Waals surface area contributed by atoms with E-state index in [1.54, 1.807) is 12.3 Å². The van der Waals surface area contributed by atoms with E-state index in [-0.39, 0.29) is 17.5 Å². The summed E-state index contributed by atoms with van der Waals surface area (Å²) in [4.78, 5) is 25.8. The van der Waals surface area contributed by atoms with Gasteiger partial charge in [-0.05, 0) is 26.2 Å². The minimum atomic E-state index is -0.0602. The number of hydrogen-bond donors (Lipinski definition) is 1. The number of aromatic nitrogens is 2. The summed E-state index contributed by atoms with van der Waals surface area (Å²) in [7, 11) is 0. The molecule has 1 aromatic heterocycles. The summed E-state index contributed by atoms with van der Waals surface area (Å²) in [6.07, 6.45) is 6.19. The van der Waals surface area contributed by atoms with Crippen molar-refractivity contribution < 1.29 is 4.79 Å². The Morgan fingerprint density at radius 1 is 1.36 bits per heavy atom. The van der Waals surface area contributed by atoms with Gasteiger partial charge in [-0.15, -0.1) is 0 Å². The van der Waals surface area contributed by atoms with E-state index in [1.807, 2.05) is 6.92 Å². The molecule has 0 aliphatic carbocycles. The second-order valence-corrected chi connectivity index (χ2v) is 5.80. The summed E-state index contributed by atoms with van der Waals surface area (Å²) < 4.78 is 1.45. The molecule has 0 aromatic carbocycles. The first-order chi connectivity index (χ1) is 10.6. The number of anilines is 1. The number of piperidine rings is 1. The molecule has 122 valence electrons. The molecule has 0 bridgehead atoms. The summed E-state index contributed by atoms with van der Waals surface area (Å²) in [5, 5.41) is 7.27. The molecule has 1 saturated heterocycles. The molecule has 0 unspecified atom stereocenters. The zero-order valence-corrected chi connectivity index (χ0v) is 13.5. The van der Waals surface area contributed by atoms with Crippen LogP contribution in [0.15, 0.2) is 17.1 Å². The lowest BCUT2D eigenvalue weighted by Crippen LogP contribution is -2.45. The number of rotatable bonds is 6. The highest BCUT2D eigenvalue weighted by atomic mass is 16.1. The molecule has 1 N–H and O–H groups in total. The van der Waals surface area contributed by atoms with Crippen molar-refractivity contribution in [3.63, 3.8) is 0 Å². The van der Waals surface area contributed by atoms with E-state index in [2.05, 4.69) is 22.2 Å². The molecule has 22 heavy (non-hydrogen) atoms. The Hall–Kier alpha value is -1.85. The summed E-state index contributed by atoms with van der Waals surface area (Å²) in [6, 6.07) is 1.90. The van der Waals surface area contributed by atoms with Gasteiger partial charge in [0.2, 0.25) is 5.91 Å². The number of nitrogens with zero attached hydrogens (tertiary/aromatic N) is 3. The minimum absolute atomic E-state index is 0.0602. The van der Waals surface area contributed by atoms with Gasteiger partial charge >= 0.3 is 0 Å². The molecule has 2 rings (SSSR count). The van der Waals surface area contributed by atoms with Gasteiger partial charge in [-0.25, -0.2) is 4.68 Å². The van der Waals surface area contributed by atoms with Crippen LogP contribution in [0.3, 0.4) is 0 Å². The van der Waals surface area contributed by atoms with Crippen molar-refractivity contribution in [3.8, 4) is 0 Å². The van der Waals surface area contributed by atoms with Gasteiger partial charge in [-0.2, -0.15) is 5.10 Å². The van der Waals surface area contributed by atoms with Crippen molar-refractivity contribution >= 4 is 11.6 Å². The van der Waals surface area contributed by atoms with E-state index in [0.29, 0.717) is 13.0 Å². The first kappa shape index (κ1) is 16.5. The lowest BCUT2D eigenvalue weighted by Gasteiger charge is -2.33. The van der Waals surface area contributed by atoms with Crippen molar-refractivity contribution in [3.05, 3.63) is 22.6 Å². The van der Waals surface area contributed by atoms with Crippen molar-refractivity contribution in [2.45, 2.75) is 58.5 Å². The molecule has 1 aliphatic heterocycles. The van der Waals surface area contributed by atoms with Gasteiger partial charge in [0.15, 0.2) is 0 Å². The Labute approximate surface area is 131 Å².